The SMILES string of the molecule is C[C@H](Cn1ccnc1)Oc1cccc2cc(CO)n(CC3CC3)c12. The number of aliphatic hydroxyl groups excluding tert-OH is 1. The lowest BCUT2D eigenvalue weighted by molar-refractivity contribution is 0.201. The van der Waals surface area contributed by atoms with Crippen LogP contribution in [-0.2, 0) is 19.7 Å². The topological polar surface area (TPSA) is 52.2 Å². The largest absolute Gasteiger partial charge is 0.487 e. The molecular formula is C19H23N3O2. The Morgan fingerprint density at radius 3 is 2.96 bits per heavy atom. The summed E-state index contributed by atoms with van der Waals surface area (Å²) in [7, 11) is 0. The van der Waals surface area contributed by atoms with E-state index in [9.17, 15) is 5.11 Å². The van der Waals surface area contributed by atoms with Crippen molar-refractivity contribution in [2.24, 2.45) is 5.92 Å². The zero-order chi connectivity index (χ0) is 16.5. The first-order valence-corrected chi connectivity index (χ1v) is 8.59. The van der Waals surface area contributed by atoms with Gasteiger partial charge in [-0.15, -0.1) is 0 Å². The van der Waals surface area contributed by atoms with Crippen molar-refractivity contribution in [1.82, 2.24) is 14.1 Å². The van der Waals surface area contributed by atoms with E-state index in [0.29, 0.717) is 0 Å². The van der Waals surface area contributed by atoms with Crippen molar-refractivity contribution in [3.63, 3.8) is 0 Å². The zero-order valence-electron chi connectivity index (χ0n) is 13.9. The molecule has 0 unspecified atom stereocenters. The van der Waals surface area contributed by atoms with Crippen LogP contribution in [0.5, 0.6) is 5.75 Å². The number of aromatic nitrogens is 3. The third-order valence-electron chi connectivity index (χ3n) is 4.62. The van der Waals surface area contributed by atoms with Crippen LogP contribution in [0.1, 0.15) is 25.5 Å². The number of para-hydroxylation sites is 1. The van der Waals surface area contributed by atoms with Crippen molar-refractivity contribution in [1.29, 1.82) is 0 Å². The minimum Gasteiger partial charge on any atom is -0.487 e. The van der Waals surface area contributed by atoms with E-state index >= 15 is 0 Å². The third-order valence-corrected chi connectivity index (χ3v) is 4.62. The van der Waals surface area contributed by atoms with Gasteiger partial charge in [0.25, 0.3) is 0 Å². The van der Waals surface area contributed by atoms with Gasteiger partial charge in [-0.1, -0.05) is 12.1 Å². The van der Waals surface area contributed by atoms with Crippen LogP contribution in [0.15, 0.2) is 43.0 Å². The lowest BCUT2D eigenvalue weighted by Gasteiger charge is -2.18. The molecule has 1 aliphatic carbocycles. The van der Waals surface area contributed by atoms with Crippen molar-refractivity contribution >= 4 is 10.9 Å². The minimum absolute atomic E-state index is 0.0339. The van der Waals surface area contributed by atoms with Gasteiger partial charge in [-0.05, 0) is 37.8 Å². The van der Waals surface area contributed by atoms with E-state index in [2.05, 4.69) is 28.6 Å². The molecule has 1 aliphatic rings. The molecule has 1 N–H and O–H groups in total. The summed E-state index contributed by atoms with van der Waals surface area (Å²) in [5, 5.41) is 10.9. The standard InChI is InChI=1S/C19H23N3O2/c1-14(10-21-8-7-20-13-21)24-18-4-2-3-16-9-17(12-23)22(19(16)18)11-15-5-6-15/h2-4,7-9,13-15,23H,5-6,10-12H2,1H3/t14-/m1/s1. The van der Waals surface area contributed by atoms with Crippen molar-refractivity contribution < 1.29 is 9.84 Å². The molecule has 3 aromatic rings. The number of nitrogens with zero attached hydrogens (tertiary/aromatic N) is 3. The van der Waals surface area contributed by atoms with Crippen LogP contribution in [0.3, 0.4) is 0 Å². The van der Waals surface area contributed by atoms with Crippen LogP contribution in [0, 0.1) is 5.92 Å². The Labute approximate surface area is 141 Å². The monoisotopic (exact) mass is 325 g/mol. The Hall–Kier alpha value is -2.27. The highest BCUT2D eigenvalue weighted by atomic mass is 16.5. The number of benzene rings is 1. The minimum atomic E-state index is 0.0339. The third kappa shape index (κ3) is 3.04. The molecular weight excluding hydrogens is 302 g/mol. The number of rotatable bonds is 7. The maximum atomic E-state index is 9.72. The van der Waals surface area contributed by atoms with Gasteiger partial charge in [0.15, 0.2) is 0 Å². The molecule has 0 spiro atoms. The lowest BCUT2D eigenvalue weighted by Crippen LogP contribution is -2.19. The molecule has 1 atom stereocenters. The van der Waals surface area contributed by atoms with E-state index in [1.54, 1.807) is 12.5 Å². The van der Waals surface area contributed by atoms with E-state index < -0.39 is 0 Å². The summed E-state index contributed by atoms with van der Waals surface area (Å²) in [4.78, 5) is 4.08. The smallest absolute Gasteiger partial charge is 0.144 e. The van der Waals surface area contributed by atoms with Crippen LogP contribution in [-0.4, -0.2) is 25.3 Å². The van der Waals surface area contributed by atoms with E-state index in [0.717, 1.165) is 41.4 Å². The second kappa shape index (κ2) is 6.32. The quantitative estimate of drug-likeness (QED) is 0.726. The normalized spacial score (nSPS) is 15.8. The first-order chi connectivity index (χ1) is 11.7. The van der Waals surface area contributed by atoms with E-state index in [1.807, 2.05) is 22.9 Å². The summed E-state index contributed by atoms with van der Waals surface area (Å²) in [6.45, 7) is 3.85. The fraction of sp³-hybridized carbons (Fsp3) is 0.421. The van der Waals surface area contributed by atoms with Gasteiger partial charge in [0.2, 0.25) is 0 Å². The number of imidazole rings is 1. The van der Waals surface area contributed by atoms with Crippen molar-refractivity contribution in [3.8, 4) is 5.75 Å². The van der Waals surface area contributed by atoms with Crippen LogP contribution in [0.25, 0.3) is 10.9 Å². The number of ether oxygens (including phenoxy) is 1. The van der Waals surface area contributed by atoms with Crippen molar-refractivity contribution in [2.45, 2.75) is 45.6 Å². The number of hydrogen-bond donors (Lipinski definition) is 1. The lowest BCUT2D eigenvalue weighted by atomic mass is 10.2. The Morgan fingerprint density at radius 2 is 2.25 bits per heavy atom. The highest BCUT2D eigenvalue weighted by Crippen LogP contribution is 2.36. The molecule has 0 amide bonds. The molecule has 2 aromatic heterocycles. The van der Waals surface area contributed by atoms with E-state index in [-0.39, 0.29) is 12.7 Å². The van der Waals surface area contributed by atoms with Gasteiger partial charge in [0.05, 0.1) is 25.0 Å². The highest BCUT2D eigenvalue weighted by Gasteiger charge is 2.24. The van der Waals surface area contributed by atoms with Gasteiger partial charge in [-0.3, -0.25) is 0 Å². The van der Waals surface area contributed by atoms with E-state index in [1.165, 1.54) is 12.8 Å². The summed E-state index contributed by atoms with van der Waals surface area (Å²) >= 11 is 0. The van der Waals surface area contributed by atoms with Gasteiger partial charge in [0.1, 0.15) is 11.9 Å². The van der Waals surface area contributed by atoms with E-state index in [4.69, 9.17) is 4.74 Å². The molecule has 0 bridgehead atoms. The fourth-order valence-electron chi connectivity index (χ4n) is 3.28. The Balaban J connectivity index is 1.65. The Morgan fingerprint density at radius 1 is 1.38 bits per heavy atom. The van der Waals surface area contributed by atoms with Crippen LogP contribution in [0.4, 0.5) is 0 Å². The van der Waals surface area contributed by atoms with Crippen LogP contribution < -0.4 is 4.74 Å². The number of aliphatic hydroxyl groups is 1. The molecule has 4 rings (SSSR count). The maximum Gasteiger partial charge on any atom is 0.144 e. The summed E-state index contributed by atoms with van der Waals surface area (Å²) in [6.07, 6.45) is 8.13. The molecule has 5 nitrogen and oxygen atoms in total. The molecule has 0 aliphatic heterocycles. The highest BCUT2D eigenvalue weighted by molar-refractivity contribution is 5.87. The molecule has 1 aromatic carbocycles. The molecule has 1 saturated carbocycles. The predicted molar refractivity (Wildman–Crippen MR) is 92.9 cm³/mol. The molecule has 1 fully saturated rings. The van der Waals surface area contributed by atoms with Crippen molar-refractivity contribution in [3.05, 3.63) is 48.7 Å². The van der Waals surface area contributed by atoms with Gasteiger partial charge in [-0.2, -0.15) is 0 Å². The predicted octanol–water partition coefficient (Wildman–Crippen LogP) is 3.21. The van der Waals surface area contributed by atoms with Crippen LogP contribution in [0.2, 0.25) is 0 Å². The van der Waals surface area contributed by atoms with Gasteiger partial charge in [-0.25, -0.2) is 4.98 Å². The summed E-state index contributed by atoms with van der Waals surface area (Å²) in [5.74, 6) is 1.63. The molecule has 126 valence electrons. The number of fused-ring (bicyclic) bond motifs is 1. The molecule has 2 heterocycles. The first-order valence-electron chi connectivity index (χ1n) is 8.59. The molecule has 24 heavy (non-hydrogen) atoms. The number of hydrogen-bond acceptors (Lipinski definition) is 3. The van der Waals surface area contributed by atoms with Gasteiger partial charge >= 0.3 is 0 Å². The first kappa shape index (κ1) is 15.3. The van der Waals surface area contributed by atoms with Crippen LogP contribution >= 0.6 is 0 Å². The summed E-state index contributed by atoms with van der Waals surface area (Å²) in [5.41, 5.74) is 2.07. The summed E-state index contributed by atoms with van der Waals surface area (Å²) < 4.78 is 10.5. The van der Waals surface area contributed by atoms with Gasteiger partial charge in [0, 0.05) is 30.0 Å². The zero-order valence-corrected chi connectivity index (χ0v) is 13.9. The van der Waals surface area contributed by atoms with Gasteiger partial charge < -0.3 is 19.0 Å². The second-order valence-electron chi connectivity index (χ2n) is 6.73. The Kier molecular flexibility index (Phi) is 4.02. The maximum absolute atomic E-state index is 9.72. The average Bonchev–Trinajstić information content (AvgIpc) is 3.10. The molecule has 5 heteroatoms. The molecule has 0 saturated heterocycles. The fourth-order valence-corrected chi connectivity index (χ4v) is 3.28. The summed E-state index contributed by atoms with van der Waals surface area (Å²) in [6, 6.07) is 8.21. The average molecular weight is 325 g/mol. The van der Waals surface area contributed by atoms with Crippen molar-refractivity contribution in [2.75, 3.05) is 0 Å². The Bertz CT molecular complexity index is 819. The molecule has 0 radical (unpaired) electrons. The second-order valence-corrected chi connectivity index (χ2v) is 6.73.